The molecule has 1 aromatic carbocycles. The number of unbranched alkanes of at least 4 members (excludes halogenated alkanes) is 1. The number of likely N-dealkylation sites (N-methyl/N-ethyl adjacent to an activating group) is 1. The molecule has 0 radical (unpaired) electrons. The number of hydrogen-bond donors (Lipinski definition) is 1. The van der Waals surface area contributed by atoms with Gasteiger partial charge in [0.15, 0.2) is 0 Å². The standard InChI is InChI=1S/C18H24N4O2/c1-4-6-11-21(3)18(24)13-22-15-10-8-7-9-14(15)20-16(22)12-19-17(23)5-2/h5,7-10H,2,4,6,11-13H2,1,3H3,(H,19,23). The molecule has 0 spiro atoms. The number of para-hydroxylation sites is 2. The highest BCUT2D eigenvalue weighted by Crippen LogP contribution is 2.16. The van der Waals surface area contributed by atoms with Crippen LogP contribution in [-0.4, -0.2) is 39.9 Å². The maximum Gasteiger partial charge on any atom is 0.243 e. The van der Waals surface area contributed by atoms with Gasteiger partial charge in [-0.05, 0) is 24.6 Å². The zero-order valence-electron chi connectivity index (χ0n) is 14.3. The molecule has 1 N–H and O–H groups in total. The molecule has 0 bridgehead atoms. The highest BCUT2D eigenvalue weighted by molar-refractivity contribution is 5.87. The van der Waals surface area contributed by atoms with Crippen LogP contribution in [0.2, 0.25) is 0 Å². The Labute approximate surface area is 142 Å². The van der Waals surface area contributed by atoms with Crippen molar-refractivity contribution in [1.82, 2.24) is 19.8 Å². The molecule has 2 rings (SSSR count). The van der Waals surface area contributed by atoms with Crippen LogP contribution in [0.15, 0.2) is 36.9 Å². The largest absolute Gasteiger partial charge is 0.345 e. The fraction of sp³-hybridized carbons (Fsp3) is 0.389. The molecule has 2 aromatic rings. The van der Waals surface area contributed by atoms with E-state index in [2.05, 4.69) is 23.8 Å². The number of aromatic nitrogens is 2. The lowest BCUT2D eigenvalue weighted by atomic mass is 10.3. The van der Waals surface area contributed by atoms with Gasteiger partial charge in [0.25, 0.3) is 0 Å². The molecule has 0 fully saturated rings. The van der Waals surface area contributed by atoms with E-state index in [-0.39, 0.29) is 24.9 Å². The van der Waals surface area contributed by atoms with Crippen LogP contribution in [-0.2, 0) is 22.7 Å². The van der Waals surface area contributed by atoms with Gasteiger partial charge in [-0.15, -0.1) is 0 Å². The first-order chi connectivity index (χ1) is 11.6. The molecule has 128 valence electrons. The van der Waals surface area contributed by atoms with Crippen molar-refractivity contribution in [3.63, 3.8) is 0 Å². The van der Waals surface area contributed by atoms with Gasteiger partial charge in [0.05, 0.1) is 17.6 Å². The summed E-state index contributed by atoms with van der Waals surface area (Å²) in [7, 11) is 1.82. The van der Waals surface area contributed by atoms with E-state index in [1.54, 1.807) is 4.90 Å². The summed E-state index contributed by atoms with van der Waals surface area (Å²) in [4.78, 5) is 30.2. The minimum atomic E-state index is -0.264. The monoisotopic (exact) mass is 328 g/mol. The first-order valence-electron chi connectivity index (χ1n) is 8.15. The highest BCUT2D eigenvalue weighted by Gasteiger charge is 2.16. The van der Waals surface area contributed by atoms with E-state index < -0.39 is 0 Å². The van der Waals surface area contributed by atoms with Crippen molar-refractivity contribution in [2.75, 3.05) is 13.6 Å². The normalized spacial score (nSPS) is 10.6. The van der Waals surface area contributed by atoms with Gasteiger partial charge in [-0.2, -0.15) is 0 Å². The molecule has 0 aliphatic carbocycles. The average molecular weight is 328 g/mol. The summed E-state index contributed by atoms with van der Waals surface area (Å²) in [6, 6.07) is 7.65. The third kappa shape index (κ3) is 4.22. The van der Waals surface area contributed by atoms with Gasteiger partial charge in [-0.1, -0.05) is 32.1 Å². The van der Waals surface area contributed by atoms with E-state index in [0.717, 1.165) is 30.4 Å². The molecule has 24 heavy (non-hydrogen) atoms. The van der Waals surface area contributed by atoms with E-state index in [9.17, 15) is 9.59 Å². The topological polar surface area (TPSA) is 67.2 Å². The molecule has 0 saturated heterocycles. The third-order valence-corrected chi connectivity index (χ3v) is 3.91. The molecule has 0 aliphatic heterocycles. The predicted octanol–water partition coefficient (Wildman–Crippen LogP) is 2.10. The second-order valence-corrected chi connectivity index (χ2v) is 5.69. The summed E-state index contributed by atoms with van der Waals surface area (Å²) in [6.45, 7) is 6.74. The van der Waals surface area contributed by atoms with E-state index in [4.69, 9.17) is 0 Å². The SMILES string of the molecule is C=CC(=O)NCc1nc2ccccc2n1CC(=O)N(C)CCCC. The van der Waals surface area contributed by atoms with Crippen molar-refractivity contribution in [2.24, 2.45) is 0 Å². The molecule has 0 atom stereocenters. The number of nitrogens with zero attached hydrogens (tertiary/aromatic N) is 3. The molecular formula is C18H24N4O2. The lowest BCUT2D eigenvalue weighted by Crippen LogP contribution is -2.32. The van der Waals surface area contributed by atoms with Crippen molar-refractivity contribution in [2.45, 2.75) is 32.9 Å². The Morgan fingerprint density at radius 2 is 2.12 bits per heavy atom. The Morgan fingerprint density at radius 3 is 2.83 bits per heavy atom. The first-order valence-corrected chi connectivity index (χ1v) is 8.15. The number of amides is 2. The number of carbonyl (C=O) groups excluding carboxylic acids is 2. The lowest BCUT2D eigenvalue weighted by molar-refractivity contribution is -0.130. The quantitative estimate of drug-likeness (QED) is 0.755. The van der Waals surface area contributed by atoms with Gasteiger partial charge in [0, 0.05) is 13.6 Å². The maximum atomic E-state index is 12.5. The number of nitrogens with one attached hydrogen (secondary N) is 1. The number of carbonyl (C=O) groups is 2. The minimum Gasteiger partial charge on any atom is -0.345 e. The Morgan fingerprint density at radius 1 is 1.38 bits per heavy atom. The molecule has 0 unspecified atom stereocenters. The zero-order valence-corrected chi connectivity index (χ0v) is 14.3. The van der Waals surface area contributed by atoms with Crippen LogP contribution in [0.4, 0.5) is 0 Å². The summed E-state index contributed by atoms with van der Waals surface area (Å²) < 4.78 is 1.86. The molecule has 0 aliphatic rings. The molecule has 6 heteroatoms. The van der Waals surface area contributed by atoms with E-state index in [1.165, 1.54) is 6.08 Å². The Kier molecular flexibility index (Phi) is 6.12. The maximum absolute atomic E-state index is 12.5. The van der Waals surface area contributed by atoms with E-state index in [1.807, 2.05) is 35.9 Å². The second-order valence-electron chi connectivity index (χ2n) is 5.69. The van der Waals surface area contributed by atoms with Crippen LogP contribution in [0.3, 0.4) is 0 Å². The molecule has 1 aromatic heterocycles. The van der Waals surface area contributed by atoms with Gasteiger partial charge >= 0.3 is 0 Å². The fourth-order valence-corrected chi connectivity index (χ4v) is 2.45. The summed E-state index contributed by atoms with van der Waals surface area (Å²) in [6.07, 6.45) is 3.25. The Hall–Kier alpha value is -2.63. The van der Waals surface area contributed by atoms with Crippen molar-refractivity contribution in [1.29, 1.82) is 0 Å². The summed E-state index contributed by atoms with van der Waals surface area (Å²) in [5.41, 5.74) is 1.70. The van der Waals surface area contributed by atoms with Crippen molar-refractivity contribution >= 4 is 22.8 Å². The summed E-state index contributed by atoms with van der Waals surface area (Å²) in [5, 5.41) is 2.72. The van der Waals surface area contributed by atoms with Crippen LogP contribution >= 0.6 is 0 Å². The minimum absolute atomic E-state index is 0.0305. The van der Waals surface area contributed by atoms with Crippen molar-refractivity contribution in [3.8, 4) is 0 Å². The van der Waals surface area contributed by atoms with Gasteiger partial charge in [0.2, 0.25) is 11.8 Å². The number of imidazole rings is 1. The molecule has 6 nitrogen and oxygen atoms in total. The molecular weight excluding hydrogens is 304 g/mol. The van der Waals surface area contributed by atoms with Crippen LogP contribution < -0.4 is 5.32 Å². The number of benzene rings is 1. The first kappa shape index (κ1) is 17.7. The van der Waals surface area contributed by atoms with Crippen LogP contribution in [0.5, 0.6) is 0 Å². The van der Waals surface area contributed by atoms with Gasteiger partial charge in [0.1, 0.15) is 12.4 Å². The smallest absolute Gasteiger partial charge is 0.243 e. The van der Waals surface area contributed by atoms with Crippen molar-refractivity contribution in [3.05, 3.63) is 42.7 Å². The van der Waals surface area contributed by atoms with Gasteiger partial charge in [-0.3, -0.25) is 9.59 Å². The second kappa shape index (κ2) is 8.29. The van der Waals surface area contributed by atoms with E-state index in [0.29, 0.717) is 5.82 Å². The summed E-state index contributed by atoms with van der Waals surface area (Å²) >= 11 is 0. The summed E-state index contributed by atoms with van der Waals surface area (Å²) in [5.74, 6) is 0.423. The Bertz CT molecular complexity index is 736. The van der Waals surface area contributed by atoms with Crippen LogP contribution in [0.25, 0.3) is 11.0 Å². The highest BCUT2D eigenvalue weighted by atomic mass is 16.2. The zero-order chi connectivity index (χ0) is 17.5. The average Bonchev–Trinajstić information content (AvgIpc) is 2.95. The third-order valence-electron chi connectivity index (χ3n) is 3.91. The van der Waals surface area contributed by atoms with Crippen LogP contribution in [0, 0.1) is 0 Å². The van der Waals surface area contributed by atoms with Crippen LogP contribution in [0.1, 0.15) is 25.6 Å². The molecule has 1 heterocycles. The van der Waals surface area contributed by atoms with Gasteiger partial charge in [-0.25, -0.2) is 4.98 Å². The Balaban J connectivity index is 2.23. The molecule has 2 amide bonds. The van der Waals surface area contributed by atoms with Gasteiger partial charge < -0.3 is 14.8 Å². The molecule has 0 saturated carbocycles. The number of hydrogen-bond acceptors (Lipinski definition) is 3. The predicted molar refractivity (Wildman–Crippen MR) is 94.3 cm³/mol. The van der Waals surface area contributed by atoms with Crippen molar-refractivity contribution < 1.29 is 9.59 Å². The number of fused-ring (bicyclic) bond motifs is 1. The van der Waals surface area contributed by atoms with E-state index >= 15 is 0 Å². The lowest BCUT2D eigenvalue weighted by Gasteiger charge is -2.18. The fourth-order valence-electron chi connectivity index (χ4n) is 2.45. The number of rotatable bonds is 8.